The summed E-state index contributed by atoms with van der Waals surface area (Å²) in [6.45, 7) is 2.76. The van der Waals surface area contributed by atoms with E-state index in [1.807, 2.05) is 0 Å². The van der Waals surface area contributed by atoms with E-state index < -0.39 is 0 Å². The molecule has 76 valence electrons. The van der Waals surface area contributed by atoms with Gasteiger partial charge in [-0.05, 0) is 26.4 Å². The number of ether oxygens (including phenoxy) is 1. The number of hydrogen-bond donors (Lipinski definition) is 2. The van der Waals surface area contributed by atoms with Crippen LogP contribution in [-0.2, 0) is 4.74 Å². The first-order valence-electron chi connectivity index (χ1n) is 4.81. The SMILES string of the molecule is CN(CCCC(=N)N)C1CCOC1. The summed E-state index contributed by atoms with van der Waals surface area (Å²) in [5.74, 6) is 0.288. The zero-order chi connectivity index (χ0) is 9.68. The van der Waals surface area contributed by atoms with E-state index in [4.69, 9.17) is 15.9 Å². The molecule has 4 nitrogen and oxygen atoms in total. The normalized spacial score (nSPS) is 22.5. The standard InChI is InChI=1S/C9H19N3O/c1-12(5-2-3-9(10)11)8-4-6-13-7-8/h8H,2-7H2,1H3,(H3,10,11). The highest BCUT2D eigenvalue weighted by Gasteiger charge is 2.19. The van der Waals surface area contributed by atoms with Crippen molar-refractivity contribution in [1.29, 1.82) is 5.41 Å². The van der Waals surface area contributed by atoms with Gasteiger partial charge in [-0.2, -0.15) is 0 Å². The Morgan fingerprint density at radius 1 is 1.69 bits per heavy atom. The third-order valence-electron chi connectivity index (χ3n) is 2.49. The van der Waals surface area contributed by atoms with Crippen LogP contribution in [0.5, 0.6) is 0 Å². The molecule has 13 heavy (non-hydrogen) atoms. The zero-order valence-electron chi connectivity index (χ0n) is 8.25. The second-order valence-electron chi connectivity index (χ2n) is 3.63. The molecule has 1 rings (SSSR count). The van der Waals surface area contributed by atoms with Crippen molar-refractivity contribution < 1.29 is 4.74 Å². The van der Waals surface area contributed by atoms with E-state index in [-0.39, 0.29) is 5.84 Å². The summed E-state index contributed by atoms with van der Waals surface area (Å²) >= 11 is 0. The molecular formula is C9H19N3O. The number of nitrogens with two attached hydrogens (primary N) is 1. The summed E-state index contributed by atoms with van der Waals surface area (Å²) in [7, 11) is 2.11. The minimum Gasteiger partial charge on any atom is -0.388 e. The van der Waals surface area contributed by atoms with Crippen LogP contribution in [-0.4, -0.2) is 43.6 Å². The molecule has 1 fully saturated rings. The van der Waals surface area contributed by atoms with Crippen LogP contribution in [0.2, 0.25) is 0 Å². The van der Waals surface area contributed by atoms with Gasteiger partial charge in [0.1, 0.15) is 0 Å². The number of hydrogen-bond acceptors (Lipinski definition) is 3. The predicted molar refractivity (Wildman–Crippen MR) is 53.0 cm³/mol. The molecule has 0 aromatic carbocycles. The highest BCUT2D eigenvalue weighted by atomic mass is 16.5. The molecule has 1 atom stereocenters. The van der Waals surface area contributed by atoms with Crippen molar-refractivity contribution in [3.8, 4) is 0 Å². The smallest absolute Gasteiger partial charge is 0.0905 e. The zero-order valence-corrected chi connectivity index (χ0v) is 8.25. The number of nitrogens with zero attached hydrogens (tertiary/aromatic N) is 1. The third kappa shape index (κ3) is 3.74. The molecule has 0 amide bonds. The van der Waals surface area contributed by atoms with Gasteiger partial charge in [0.25, 0.3) is 0 Å². The Bertz CT molecular complexity index is 166. The van der Waals surface area contributed by atoms with E-state index in [0.717, 1.165) is 32.6 Å². The lowest BCUT2D eigenvalue weighted by molar-refractivity contribution is 0.159. The van der Waals surface area contributed by atoms with Crippen molar-refractivity contribution in [3.63, 3.8) is 0 Å². The number of rotatable bonds is 5. The van der Waals surface area contributed by atoms with Crippen LogP contribution in [0.3, 0.4) is 0 Å². The minimum atomic E-state index is 0.288. The van der Waals surface area contributed by atoms with Crippen LogP contribution in [0.4, 0.5) is 0 Å². The van der Waals surface area contributed by atoms with Gasteiger partial charge in [-0.3, -0.25) is 5.41 Å². The molecule has 0 spiro atoms. The Balaban J connectivity index is 2.09. The first kappa shape index (κ1) is 10.5. The Morgan fingerprint density at radius 3 is 3.00 bits per heavy atom. The van der Waals surface area contributed by atoms with Crippen molar-refractivity contribution >= 4 is 5.84 Å². The van der Waals surface area contributed by atoms with E-state index in [1.165, 1.54) is 0 Å². The molecule has 0 bridgehead atoms. The van der Waals surface area contributed by atoms with Gasteiger partial charge in [0, 0.05) is 19.1 Å². The lowest BCUT2D eigenvalue weighted by Gasteiger charge is -2.22. The summed E-state index contributed by atoms with van der Waals surface area (Å²) < 4.78 is 5.30. The Kier molecular flexibility index (Phi) is 4.18. The van der Waals surface area contributed by atoms with Gasteiger partial charge in [-0.1, -0.05) is 0 Å². The summed E-state index contributed by atoms with van der Waals surface area (Å²) in [4.78, 5) is 2.30. The minimum absolute atomic E-state index is 0.288. The first-order chi connectivity index (χ1) is 6.20. The summed E-state index contributed by atoms with van der Waals surface area (Å²) in [5, 5.41) is 7.08. The molecule has 1 heterocycles. The van der Waals surface area contributed by atoms with Crippen molar-refractivity contribution in [2.24, 2.45) is 5.73 Å². The van der Waals surface area contributed by atoms with Crippen LogP contribution in [0.1, 0.15) is 19.3 Å². The molecule has 4 heteroatoms. The van der Waals surface area contributed by atoms with E-state index in [2.05, 4.69) is 11.9 Å². The van der Waals surface area contributed by atoms with Gasteiger partial charge < -0.3 is 15.4 Å². The Labute approximate surface area is 79.6 Å². The molecule has 1 aliphatic heterocycles. The predicted octanol–water partition coefficient (Wildman–Crippen LogP) is 0.423. The highest BCUT2D eigenvalue weighted by molar-refractivity contribution is 5.76. The molecule has 1 saturated heterocycles. The van der Waals surface area contributed by atoms with Gasteiger partial charge in [0.15, 0.2) is 0 Å². The molecule has 1 unspecified atom stereocenters. The Morgan fingerprint density at radius 2 is 2.46 bits per heavy atom. The maximum Gasteiger partial charge on any atom is 0.0905 e. The summed E-state index contributed by atoms with van der Waals surface area (Å²) in [6.07, 6.45) is 2.82. The van der Waals surface area contributed by atoms with Crippen molar-refractivity contribution in [1.82, 2.24) is 4.90 Å². The monoisotopic (exact) mass is 185 g/mol. The average Bonchev–Trinajstić information content (AvgIpc) is 2.55. The molecule has 0 radical (unpaired) electrons. The van der Waals surface area contributed by atoms with Gasteiger partial charge in [-0.25, -0.2) is 0 Å². The summed E-state index contributed by atoms with van der Waals surface area (Å²) in [5.41, 5.74) is 5.27. The van der Waals surface area contributed by atoms with E-state index >= 15 is 0 Å². The molecule has 0 aromatic rings. The fraction of sp³-hybridized carbons (Fsp3) is 0.889. The van der Waals surface area contributed by atoms with Gasteiger partial charge in [0.05, 0.1) is 12.4 Å². The number of nitrogens with one attached hydrogen (secondary N) is 1. The highest BCUT2D eigenvalue weighted by Crippen LogP contribution is 2.10. The van der Waals surface area contributed by atoms with Crippen LogP contribution in [0, 0.1) is 5.41 Å². The van der Waals surface area contributed by atoms with Crippen LogP contribution in [0.15, 0.2) is 0 Å². The quantitative estimate of drug-likeness (QED) is 0.482. The van der Waals surface area contributed by atoms with Crippen LogP contribution >= 0.6 is 0 Å². The second kappa shape index (κ2) is 5.19. The Hall–Kier alpha value is -0.610. The van der Waals surface area contributed by atoms with Crippen molar-refractivity contribution in [2.75, 3.05) is 26.8 Å². The van der Waals surface area contributed by atoms with E-state index in [1.54, 1.807) is 0 Å². The lowest BCUT2D eigenvalue weighted by atomic mass is 10.2. The van der Waals surface area contributed by atoms with Gasteiger partial charge in [0.2, 0.25) is 0 Å². The van der Waals surface area contributed by atoms with E-state index in [0.29, 0.717) is 12.5 Å². The number of amidine groups is 1. The van der Waals surface area contributed by atoms with Crippen LogP contribution in [0.25, 0.3) is 0 Å². The van der Waals surface area contributed by atoms with E-state index in [9.17, 15) is 0 Å². The number of likely N-dealkylation sites (N-methyl/N-ethyl adjacent to an activating group) is 1. The maximum absolute atomic E-state index is 7.08. The maximum atomic E-state index is 7.08. The third-order valence-corrected chi connectivity index (χ3v) is 2.49. The van der Waals surface area contributed by atoms with Crippen molar-refractivity contribution in [2.45, 2.75) is 25.3 Å². The molecule has 0 aromatic heterocycles. The second-order valence-corrected chi connectivity index (χ2v) is 3.63. The molecule has 0 saturated carbocycles. The largest absolute Gasteiger partial charge is 0.388 e. The first-order valence-corrected chi connectivity index (χ1v) is 4.81. The lowest BCUT2D eigenvalue weighted by Crippen LogP contribution is -2.33. The van der Waals surface area contributed by atoms with Crippen molar-refractivity contribution in [3.05, 3.63) is 0 Å². The molecule has 1 aliphatic rings. The van der Waals surface area contributed by atoms with Gasteiger partial charge in [-0.15, -0.1) is 0 Å². The summed E-state index contributed by atoms with van der Waals surface area (Å²) in [6, 6.07) is 0.576. The fourth-order valence-electron chi connectivity index (χ4n) is 1.57. The average molecular weight is 185 g/mol. The fourth-order valence-corrected chi connectivity index (χ4v) is 1.57. The molecule has 0 aliphatic carbocycles. The van der Waals surface area contributed by atoms with Gasteiger partial charge >= 0.3 is 0 Å². The molecule has 3 N–H and O–H groups in total. The topological polar surface area (TPSA) is 62.3 Å². The van der Waals surface area contributed by atoms with Crippen LogP contribution < -0.4 is 5.73 Å². The molecular weight excluding hydrogens is 166 g/mol.